The van der Waals surface area contributed by atoms with Gasteiger partial charge in [-0.3, -0.25) is 0 Å². The Hall–Kier alpha value is -0.870. The van der Waals surface area contributed by atoms with Crippen LogP contribution in [-0.4, -0.2) is 29.3 Å². The minimum absolute atomic E-state index is 0.677. The van der Waals surface area contributed by atoms with E-state index in [1.165, 1.54) is 0 Å². The SMILES string of the molecule is CC(C)CCOCCn1cnc(CNCC(C)C)c1. The smallest absolute Gasteiger partial charge is 0.0950 e. The van der Waals surface area contributed by atoms with Crippen molar-refractivity contribution in [2.24, 2.45) is 11.8 Å². The minimum Gasteiger partial charge on any atom is -0.380 e. The van der Waals surface area contributed by atoms with Crippen molar-refractivity contribution in [2.75, 3.05) is 19.8 Å². The number of imidazole rings is 1. The zero-order chi connectivity index (χ0) is 14.1. The fourth-order valence-corrected chi connectivity index (χ4v) is 1.70. The summed E-state index contributed by atoms with van der Waals surface area (Å²) in [6.07, 6.45) is 5.12. The predicted octanol–water partition coefficient (Wildman–Crippen LogP) is 2.69. The van der Waals surface area contributed by atoms with Crippen LogP contribution in [0.2, 0.25) is 0 Å². The molecule has 0 bridgehead atoms. The lowest BCUT2D eigenvalue weighted by Gasteiger charge is -2.07. The van der Waals surface area contributed by atoms with Gasteiger partial charge in [-0.1, -0.05) is 27.7 Å². The molecule has 0 atom stereocenters. The fraction of sp³-hybridized carbons (Fsp3) is 0.800. The highest BCUT2D eigenvalue weighted by Crippen LogP contribution is 2.00. The summed E-state index contributed by atoms with van der Waals surface area (Å²) >= 11 is 0. The first-order valence-electron chi connectivity index (χ1n) is 7.37. The molecule has 0 aromatic carbocycles. The summed E-state index contributed by atoms with van der Waals surface area (Å²) < 4.78 is 7.70. The maximum absolute atomic E-state index is 5.61. The fourth-order valence-electron chi connectivity index (χ4n) is 1.70. The van der Waals surface area contributed by atoms with Crippen LogP contribution >= 0.6 is 0 Å². The Morgan fingerprint density at radius 3 is 2.68 bits per heavy atom. The third kappa shape index (κ3) is 8.01. The summed E-state index contributed by atoms with van der Waals surface area (Å²) in [4.78, 5) is 4.39. The predicted molar refractivity (Wildman–Crippen MR) is 79.0 cm³/mol. The van der Waals surface area contributed by atoms with Gasteiger partial charge in [0.15, 0.2) is 0 Å². The van der Waals surface area contributed by atoms with Crippen LogP contribution in [0.4, 0.5) is 0 Å². The molecule has 0 aliphatic rings. The van der Waals surface area contributed by atoms with Crippen LogP contribution in [0.25, 0.3) is 0 Å². The van der Waals surface area contributed by atoms with Crippen LogP contribution in [0, 0.1) is 11.8 Å². The second-order valence-corrected chi connectivity index (χ2v) is 5.92. The zero-order valence-corrected chi connectivity index (χ0v) is 12.9. The first-order valence-corrected chi connectivity index (χ1v) is 7.37. The van der Waals surface area contributed by atoms with Crippen LogP contribution in [-0.2, 0) is 17.8 Å². The molecule has 110 valence electrons. The molecule has 4 nitrogen and oxygen atoms in total. The van der Waals surface area contributed by atoms with Gasteiger partial charge in [-0.2, -0.15) is 0 Å². The highest BCUT2D eigenvalue weighted by Gasteiger charge is 2.00. The van der Waals surface area contributed by atoms with Gasteiger partial charge in [0.25, 0.3) is 0 Å². The van der Waals surface area contributed by atoms with Crippen molar-refractivity contribution in [3.63, 3.8) is 0 Å². The van der Waals surface area contributed by atoms with Crippen molar-refractivity contribution in [2.45, 2.75) is 47.2 Å². The number of hydrogen-bond acceptors (Lipinski definition) is 3. The third-order valence-corrected chi connectivity index (χ3v) is 2.88. The molecule has 19 heavy (non-hydrogen) atoms. The van der Waals surface area contributed by atoms with Gasteiger partial charge in [0.1, 0.15) is 0 Å². The van der Waals surface area contributed by atoms with Gasteiger partial charge < -0.3 is 14.6 Å². The number of aromatic nitrogens is 2. The molecule has 1 rings (SSSR count). The molecular formula is C15H29N3O. The van der Waals surface area contributed by atoms with E-state index in [4.69, 9.17) is 4.74 Å². The molecule has 0 unspecified atom stereocenters. The quantitative estimate of drug-likeness (QED) is 0.662. The van der Waals surface area contributed by atoms with Crippen LogP contribution in [0.5, 0.6) is 0 Å². The molecule has 0 aliphatic carbocycles. The van der Waals surface area contributed by atoms with Crippen molar-refractivity contribution >= 4 is 0 Å². The number of rotatable bonds is 10. The molecule has 0 amide bonds. The lowest BCUT2D eigenvalue weighted by Crippen LogP contribution is -2.19. The van der Waals surface area contributed by atoms with E-state index in [1.807, 2.05) is 6.33 Å². The van der Waals surface area contributed by atoms with Crippen LogP contribution < -0.4 is 5.32 Å². The molecule has 0 saturated heterocycles. The van der Waals surface area contributed by atoms with Gasteiger partial charge in [0.2, 0.25) is 0 Å². The van der Waals surface area contributed by atoms with Gasteiger partial charge in [-0.15, -0.1) is 0 Å². The molecule has 0 spiro atoms. The van der Waals surface area contributed by atoms with Crippen molar-refractivity contribution in [3.8, 4) is 0 Å². The molecule has 1 N–H and O–H groups in total. The molecule has 1 heterocycles. The van der Waals surface area contributed by atoms with Crippen molar-refractivity contribution < 1.29 is 4.74 Å². The Kier molecular flexibility index (Phi) is 7.75. The largest absolute Gasteiger partial charge is 0.380 e. The summed E-state index contributed by atoms with van der Waals surface area (Å²) in [5, 5.41) is 3.40. The topological polar surface area (TPSA) is 39.1 Å². The second kappa shape index (κ2) is 9.10. The van der Waals surface area contributed by atoms with E-state index in [-0.39, 0.29) is 0 Å². The van der Waals surface area contributed by atoms with Crippen LogP contribution in [0.1, 0.15) is 39.8 Å². The Morgan fingerprint density at radius 1 is 1.21 bits per heavy atom. The average Bonchev–Trinajstić information content (AvgIpc) is 2.76. The Balaban J connectivity index is 2.12. The average molecular weight is 267 g/mol. The maximum atomic E-state index is 5.61. The van der Waals surface area contributed by atoms with E-state index in [9.17, 15) is 0 Å². The van der Waals surface area contributed by atoms with Gasteiger partial charge in [0, 0.05) is 25.9 Å². The van der Waals surface area contributed by atoms with Gasteiger partial charge in [-0.25, -0.2) is 4.98 Å². The van der Waals surface area contributed by atoms with E-state index in [2.05, 4.69) is 48.8 Å². The molecule has 1 aromatic heterocycles. The summed E-state index contributed by atoms with van der Waals surface area (Å²) in [6.45, 7) is 13.2. The summed E-state index contributed by atoms with van der Waals surface area (Å²) in [5.74, 6) is 1.39. The number of ether oxygens (including phenoxy) is 1. The molecule has 0 aliphatic heterocycles. The van der Waals surface area contributed by atoms with E-state index in [1.54, 1.807) is 0 Å². The third-order valence-electron chi connectivity index (χ3n) is 2.88. The Bertz CT molecular complexity index is 334. The van der Waals surface area contributed by atoms with Gasteiger partial charge >= 0.3 is 0 Å². The first kappa shape index (κ1) is 16.2. The van der Waals surface area contributed by atoms with E-state index < -0.39 is 0 Å². The summed E-state index contributed by atoms with van der Waals surface area (Å²) in [6, 6.07) is 0. The lowest BCUT2D eigenvalue weighted by molar-refractivity contribution is 0.116. The Morgan fingerprint density at radius 2 is 2.00 bits per heavy atom. The molecular weight excluding hydrogens is 238 g/mol. The summed E-state index contributed by atoms with van der Waals surface area (Å²) in [5.41, 5.74) is 1.10. The van der Waals surface area contributed by atoms with Gasteiger partial charge in [-0.05, 0) is 24.8 Å². The molecule has 0 fully saturated rings. The van der Waals surface area contributed by atoms with E-state index in [0.717, 1.165) is 45.0 Å². The monoisotopic (exact) mass is 267 g/mol. The molecule has 0 radical (unpaired) electrons. The normalized spacial score (nSPS) is 11.7. The zero-order valence-electron chi connectivity index (χ0n) is 12.9. The minimum atomic E-state index is 0.677. The second-order valence-electron chi connectivity index (χ2n) is 5.92. The Labute approximate surface area is 117 Å². The van der Waals surface area contributed by atoms with Crippen molar-refractivity contribution in [3.05, 3.63) is 18.2 Å². The number of nitrogens with zero attached hydrogens (tertiary/aromatic N) is 2. The molecule has 4 heteroatoms. The van der Waals surface area contributed by atoms with Gasteiger partial charge in [0.05, 0.1) is 18.6 Å². The lowest BCUT2D eigenvalue weighted by atomic mass is 10.1. The highest BCUT2D eigenvalue weighted by molar-refractivity contribution is 4.96. The van der Waals surface area contributed by atoms with Crippen molar-refractivity contribution in [1.82, 2.24) is 14.9 Å². The summed E-state index contributed by atoms with van der Waals surface area (Å²) in [7, 11) is 0. The van der Waals surface area contributed by atoms with Crippen molar-refractivity contribution in [1.29, 1.82) is 0 Å². The first-order chi connectivity index (χ1) is 9.08. The maximum Gasteiger partial charge on any atom is 0.0950 e. The van der Waals surface area contributed by atoms with E-state index >= 15 is 0 Å². The standard InChI is InChI=1S/C15H29N3O/c1-13(2)5-7-19-8-6-18-11-15(17-12-18)10-16-9-14(3)4/h11-14,16H,5-10H2,1-4H3. The van der Waals surface area contributed by atoms with E-state index in [0.29, 0.717) is 11.8 Å². The number of nitrogens with one attached hydrogen (secondary N) is 1. The highest BCUT2D eigenvalue weighted by atomic mass is 16.5. The van der Waals surface area contributed by atoms with Crippen LogP contribution in [0.3, 0.4) is 0 Å². The van der Waals surface area contributed by atoms with Crippen LogP contribution in [0.15, 0.2) is 12.5 Å². The molecule has 0 saturated carbocycles. The number of hydrogen-bond donors (Lipinski definition) is 1. The molecule has 1 aromatic rings.